The van der Waals surface area contributed by atoms with Gasteiger partial charge in [0, 0.05) is 71.8 Å². The number of aliphatic hydroxyl groups is 1. The number of hydrogen-bond acceptors (Lipinski definition) is 9. The van der Waals surface area contributed by atoms with E-state index in [0.29, 0.717) is 0 Å². The summed E-state index contributed by atoms with van der Waals surface area (Å²) in [6, 6.07) is 15.8. The molecule has 0 radical (unpaired) electrons. The van der Waals surface area contributed by atoms with E-state index in [1.807, 2.05) is 26.2 Å². The predicted molar refractivity (Wildman–Crippen MR) is 232 cm³/mol. The number of hydrogen-bond donors (Lipinski definition) is 3. The Bertz CT molecular complexity index is 3070. The molecule has 3 N–H and O–H groups in total. The summed E-state index contributed by atoms with van der Waals surface area (Å²) in [5, 5.41) is 19.1. The molecule has 0 fully saturated rings. The number of likely N-dealkylation sites (N-methyl/N-ethyl adjacent to an activating group) is 2. The first-order valence-electron chi connectivity index (χ1n) is 20.3. The summed E-state index contributed by atoms with van der Waals surface area (Å²) in [6.07, 6.45) is 0. The number of anilines is 3. The Labute approximate surface area is 356 Å². The van der Waals surface area contributed by atoms with E-state index in [2.05, 4.69) is 61.7 Å². The van der Waals surface area contributed by atoms with E-state index in [1.54, 1.807) is 12.1 Å². The van der Waals surface area contributed by atoms with Crippen LogP contribution in [0.15, 0.2) is 66.4 Å². The second kappa shape index (κ2) is 13.1. The molecule has 0 saturated carbocycles. The molecular weight excluding hydrogens is 789 g/mol. The summed E-state index contributed by atoms with van der Waals surface area (Å²) >= 11 is 0. The molecule has 9 rings (SSSR count). The predicted octanol–water partition coefficient (Wildman–Crippen LogP) is 4.26. The van der Waals surface area contributed by atoms with Crippen LogP contribution in [0.2, 0.25) is 0 Å². The highest BCUT2D eigenvalue weighted by atomic mass is 16.3. The van der Waals surface area contributed by atoms with Gasteiger partial charge in [-0.15, -0.1) is 0 Å². The van der Waals surface area contributed by atoms with Crippen molar-refractivity contribution < 1.29 is 38.7 Å². The van der Waals surface area contributed by atoms with Gasteiger partial charge in [-0.05, 0) is 87.9 Å². The van der Waals surface area contributed by atoms with Crippen LogP contribution in [0.4, 0.5) is 17.1 Å². The molecule has 4 aromatic rings. The van der Waals surface area contributed by atoms with Gasteiger partial charge in [-0.3, -0.25) is 43.4 Å². The zero-order chi connectivity index (χ0) is 44.8. The molecule has 62 heavy (non-hydrogen) atoms. The number of benzene rings is 4. The standard InChI is InChI=1S/C48H44N6O8/c1-21-47(3,4)31-17-29(33(19-35(31)51(21)7)49-41(57)23-11-13-25-27(15-23)45(61)53(9)43(25)59)37-39(55)38(40(37)56)30-18-32-36(52(8)22(2)48(32,5)6)20-34(30)50-42(58)24-12-14-26-28(16-24)46(62)54(10)44(26)60/h11-22H,1-10H3,(H2,49,50,55,56,57,58,59,60,61,62)/p+1. The molecule has 2 atom stereocenters. The molecule has 4 aromatic carbocycles. The minimum Gasteiger partial charge on any atom is -0.506 e. The van der Waals surface area contributed by atoms with Gasteiger partial charge in [0.2, 0.25) is 11.1 Å². The maximum Gasteiger partial charge on any atom is 0.261 e. The van der Waals surface area contributed by atoms with Gasteiger partial charge >= 0.3 is 0 Å². The van der Waals surface area contributed by atoms with Crippen molar-refractivity contribution in [3.63, 3.8) is 0 Å². The normalized spacial score (nSPS) is 21.4. The summed E-state index contributed by atoms with van der Waals surface area (Å²) in [5.41, 5.74) is 3.39. The highest BCUT2D eigenvalue weighted by Crippen LogP contribution is 2.50. The van der Waals surface area contributed by atoms with Crippen molar-refractivity contribution in [2.24, 2.45) is 0 Å². The van der Waals surface area contributed by atoms with Crippen molar-refractivity contribution in [3.8, 4) is 0 Å². The van der Waals surface area contributed by atoms with E-state index in [9.17, 15) is 38.7 Å². The number of nitrogens with one attached hydrogen (secondary N) is 2. The molecule has 314 valence electrons. The lowest BCUT2D eigenvalue weighted by Crippen LogP contribution is -2.36. The summed E-state index contributed by atoms with van der Waals surface area (Å²) < 4.78 is 2.09. The van der Waals surface area contributed by atoms with E-state index in [-0.39, 0.29) is 84.5 Å². The molecule has 6 amide bonds. The number of allylic oxidation sites excluding steroid dienone is 2. The van der Waals surface area contributed by atoms with Crippen LogP contribution in [0.3, 0.4) is 0 Å². The van der Waals surface area contributed by atoms with Crippen LogP contribution in [0.5, 0.6) is 0 Å². The molecule has 0 aromatic heterocycles. The molecular formula is C48H45N6O8+. The molecule has 0 spiro atoms. The van der Waals surface area contributed by atoms with E-state index >= 15 is 0 Å². The van der Waals surface area contributed by atoms with Gasteiger partial charge in [-0.1, -0.05) is 13.8 Å². The maximum atomic E-state index is 14.8. The van der Waals surface area contributed by atoms with Crippen molar-refractivity contribution in [2.75, 3.05) is 43.7 Å². The first-order valence-corrected chi connectivity index (χ1v) is 20.3. The van der Waals surface area contributed by atoms with Crippen molar-refractivity contribution in [3.05, 3.63) is 127 Å². The number of fused-ring (bicyclic) bond motifs is 4. The molecule has 0 saturated heterocycles. The maximum absolute atomic E-state index is 14.8. The summed E-state index contributed by atoms with van der Waals surface area (Å²) in [6.45, 7) is 12.5. The zero-order valence-electron chi connectivity index (χ0n) is 36.0. The number of rotatable bonds is 5. The van der Waals surface area contributed by atoms with E-state index in [4.69, 9.17) is 0 Å². The van der Waals surface area contributed by atoms with Gasteiger partial charge < -0.3 is 20.6 Å². The monoisotopic (exact) mass is 833 g/mol. The van der Waals surface area contributed by atoms with E-state index in [0.717, 1.165) is 32.0 Å². The fourth-order valence-corrected chi connectivity index (χ4v) is 9.54. The lowest BCUT2D eigenvalue weighted by Gasteiger charge is -2.28. The molecule has 2 unspecified atom stereocenters. The number of amides is 6. The SMILES string of the molecule is CC1N(C)c2cc(NC(=O)c3ccc4c(c3)C(=O)N(C)C4=O)c(C3=C(O)/C(=c4\cc5c(cc4NC(=O)c4ccc6c(c4)C(=O)N(C)C6=O)=[N+](C)C(C)C5(C)C)C3=O)cc2C1(C)C. The van der Waals surface area contributed by atoms with Gasteiger partial charge in [0.05, 0.1) is 50.2 Å². The van der Waals surface area contributed by atoms with E-state index < -0.39 is 52.1 Å². The van der Waals surface area contributed by atoms with Crippen molar-refractivity contribution >= 4 is 69.4 Å². The Morgan fingerprint density at radius 2 is 1.15 bits per heavy atom. The van der Waals surface area contributed by atoms with Crippen LogP contribution in [0, 0.1) is 0 Å². The lowest BCUT2D eigenvalue weighted by molar-refractivity contribution is -0.110. The summed E-state index contributed by atoms with van der Waals surface area (Å²) in [7, 11) is 6.65. The van der Waals surface area contributed by atoms with Crippen molar-refractivity contribution in [1.29, 1.82) is 0 Å². The largest absolute Gasteiger partial charge is 0.506 e. The molecule has 1 aliphatic carbocycles. The third kappa shape index (κ3) is 5.34. The smallest absolute Gasteiger partial charge is 0.261 e. The van der Waals surface area contributed by atoms with Gasteiger partial charge in [-0.25, -0.2) is 4.58 Å². The summed E-state index contributed by atoms with van der Waals surface area (Å²) in [5.74, 6) is -4.00. The van der Waals surface area contributed by atoms with Crippen LogP contribution in [-0.4, -0.2) is 96.4 Å². The first-order chi connectivity index (χ1) is 29.1. The quantitative estimate of drug-likeness (QED) is 0.196. The van der Waals surface area contributed by atoms with E-state index in [1.165, 1.54) is 50.5 Å². The van der Waals surface area contributed by atoms with Crippen LogP contribution in [0.25, 0.3) is 11.1 Å². The van der Waals surface area contributed by atoms with Crippen LogP contribution >= 0.6 is 0 Å². The molecule has 4 aliphatic heterocycles. The summed E-state index contributed by atoms with van der Waals surface area (Å²) in [4.78, 5) is 97.6. The van der Waals surface area contributed by atoms with Crippen LogP contribution in [0.1, 0.15) is 120 Å². The Hall–Kier alpha value is -7.22. The second-order valence-corrected chi connectivity index (χ2v) is 18.0. The molecule has 4 heterocycles. The Kier molecular flexibility index (Phi) is 8.52. The molecule has 5 aliphatic rings. The molecule has 14 nitrogen and oxygen atoms in total. The number of aliphatic hydroxyl groups excluding tert-OH is 1. The topological polar surface area (TPSA) is 177 Å². The third-order valence-electron chi connectivity index (χ3n) is 14.3. The molecule has 14 heteroatoms. The number of carbonyl (C=O) groups is 7. The average molecular weight is 834 g/mol. The highest BCUT2D eigenvalue weighted by molar-refractivity contribution is 6.52. The third-order valence-corrected chi connectivity index (χ3v) is 14.3. The number of ketones is 1. The van der Waals surface area contributed by atoms with Crippen molar-refractivity contribution in [1.82, 2.24) is 14.4 Å². The fraction of sp³-hybridized carbons (Fsp3) is 0.292. The minimum atomic E-state index is -0.596. The Balaban J connectivity index is 1.19. The van der Waals surface area contributed by atoms with Gasteiger partial charge in [0.1, 0.15) is 12.8 Å². The lowest BCUT2D eigenvalue weighted by atomic mass is 9.76. The highest BCUT2D eigenvalue weighted by Gasteiger charge is 2.46. The Morgan fingerprint density at radius 1 is 0.629 bits per heavy atom. The van der Waals surface area contributed by atoms with Crippen molar-refractivity contribution in [2.45, 2.75) is 64.5 Å². The number of carbonyl (C=O) groups excluding carboxylic acids is 7. The first kappa shape index (κ1) is 40.2. The van der Waals surface area contributed by atoms with Gasteiger partial charge in [-0.2, -0.15) is 0 Å². The van der Waals surface area contributed by atoms with Crippen LogP contribution in [-0.2, 0) is 15.6 Å². The fourth-order valence-electron chi connectivity index (χ4n) is 9.54. The van der Waals surface area contributed by atoms with Gasteiger partial charge in [0.15, 0.2) is 6.04 Å². The number of Topliss-reactive ketones (excluding diaryl/α,β-unsaturated/α-hetero) is 1. The van der Waals surface area contributed by atoms with Gasteiger partial charge in [0.25, 0.3) is 35.4 Å². The Morgan fingerprint density at radius 3 is 1.68 bits per heavy atom. The minimum absolute atomic E-state index is 0.0269. The number of nitrogens with zero attached hydrogens (tertiary/aromatic N) is 4. The zero-order valence-corrected chi connectivity index (χ0v) is 36.0. The van der Waals surface area contributed by atoms with Crippen LogP contribution < -0.4 is 30.7 Å². The second-order valence-electron chi connectivity index (χ2n) is 18.0. The number of imide groups is 2. The average Bonchev–Trinajstić information content (AvgIpc) is 3.73. The molecule has 0 bridgehead atoms.